The summed E-state index contributed by atoms with van der Waals surface area (Å²) in [6, 6.07) is 8.21. The van der Waals surface area contributed by atoms with E-state index in [1.54, 1.807) is 6.20 Å². The smallest absolute Gasteiger partial charge is 0.401 e. The summed E-state index contributed by atoms with van der Waals surface area (Å²) < 4.78 is 22.8. The predicted octanol–water partition coefficient (Wildman–Crippen LogP) is 1.36. The van der Waals surface area contributed by atoms with E-state index in [9.17, 15) is 0 Å². The molecule has 1 atom stereocenters. The molecule has 0 bridgehead atoms. The maximum Gasteiger partial charge on any atom is 0.412 e. The molecule has 4 heteroatoms. The van der Waals surface area contributed by atoms with Crippen LogP contribution in [-0.4, -0.2) is 41.7 Å². The molecule has 0 saturated carbocycles. The minimum atomic E-state index is -2.12. The summed E-state index contributed by atoms with van der Waals surface area (Å²) in [5.74, 6) is 0. The van der Waals surface area contributed by atoms with Crippen molar-refractivity contribution in [1.82, 2.24) is 14.5 Å². The molecule has 0 radical (unpaired) electrons. The Balaban J connectivity index is 1.95. The Hall–Kier alpha value is -1.84. The molecule has 0 saturated heterocycles. The van der Waals surface area contributed by atoms with Crippen molar-refractivity contribution in [1.29, 1.82) is 0 Å². The lowest BCUT2D eigenvalue weighted by Crippen LogP contribution is -2.59. The van der Waals surface area contributed by atoms with Gasteiger partial charge in [0.25, 0.3) is 0 Å². The Morgan fingerprint density at radius 3 is 2.83 bits per heavy atom. The van der Waals surface area contributed by atoms with Gasteiger partial charge in [0.05, 0.1) is 6.17 Å². The lowest BCUT2D eigenvalue weighted by atomic mass is 9.61. The summed E-state index contributed by atoms with van der Waals surface area (Å²) in [5, 5.41) is 0. The van der Waals surface area contributed by atoms with Crippen LogP contribution in [0, 0.1) is 0 Å². The quantitative estimate of drug-likeness (QED) is 0.688. The van der Waals surface area contributed by atoms with E-state index < -0.39 is 6.98 Å². The fourth-order valence-corrected chi connectivity index (χ4v) is 2.59. The van der Waals surface area contributed by atoms with Crippen LogP contribution in [0.5, 0.6) is 0 Å². The topological polar surface area (TPSA) is 9.72 Å². The Kier molecular flexibility index (Phi) is 1.90. The van der Waals surface area contributed by atoms with E-state index in [0.29, 0.717) is 0 Å². The van der Waals surface area contributed by atoms with Gasteiger partial charge in [-0.2, -0.15) is 0 Å². The third kappa shape index (κ3) is 1.60. The van der Waals surface area contributed by atoms with Crippen LogP contribution < -0.4 is 5.46 Å². The fraction of sp³-hybridized carbons (Fsp3) is 0.286. The molecular weight excluding hydrogens is 221 g/mol. The van der Waals surface area contributed by atoms with Crippen molar-refractivity contribution in [3.63, 3.8) is 0 Å². The Morgan fingerprint density at radius 2 is 2.06 bits per heavy atom. The zero-order valence-corrected chi connectivity index (χ0v) is 10.6. The maximum atomic E-state index is 7.61. The number of fused-ring (bicyclic) bond motifs is 1. The third-order valence-electron chi connectivity index (χ3n) is 3.67. The van der Waals surface area contributed by atoms with Crippen molar-refractivity contribution in [3.05, 3.63) is 48.4 Å². The fourth-order valence-electron chi connectivity index (χ4n) is 2.59. The van der Waals surface area contributed by atoms with E-state index in [4.69, 9.17) is 4.11 Å². The van der Waals surface area contributed by atoms with E-state index in [-0.39, 0.29) is 13.1 Å². The van der Waals surface area contributed by atoms with Gasteiger partial charge in [-0.25, -0.2) is 0 Å². The Bertz CT molecular complexity index is 599. The molecule has 0 aromatic heterocycles. The molecule has 3 nitrogen and oxygen atoms in total. The molecule has 2 aliphatic heterocycles. The molecule has 0 fully saturated rings. The third-order valence-corrected chi connectivity index (χ3v) is 3.67. The largest absolute Gasteiger partial charge is 0.412 e. The summed E-state index contributed by atoms with van der Waals surface area (Å²) in [4.78, 5) is 5.60. The highest BCUT2D eigenvalue weighted by Crippen LogP contribution is 2.20. The van der Waals surface area contributed by atoms with Crippen molar-refractivity contribution >= 4 is 18.5 Å². The summed E-state index contributed by atoms with van der Waals surface area (Å²) >= 11 is 0. The monoisotopic (exact) mass is 242 g/mol. The average molecular weight is 242 g/mol. The van der Waals surface area contributed by atoms with Crippen LogP contribution in [0.3, 0.4) is 0 Å². The van der Waals surface area contributed by atoms with Crippen LogP contribution in [0.25, 0.3) is 6.08 Å². The van der Waals surface area contributed by atoms with E-state index in [0.717, 1.165) is 0 Å². The van der Waals surface area contributed by atoms with Gasteiger partial charge in [-0.15, -0.1) is 0 Å². The second kappa shape index (κ2) is 4.12. The molecule has 1 aromatic carbocycles. The van der Waals surface area contributed by atoms with Crippen molar-refractivity contribution in [2.24, 2.45) is 0 Å². The first-order valence-corrected chi connectivity index (χ1v) is 6.13. The molecule has 0 amide bonds. The van der Waals surface area contributed by atoms with Gasteiger partial charge >= 0.3 is 6.98 Å². The van der Waals surface area contributed by atoms with Crippen molar-refractivity contribution < 1.29 is 4.11 Å². The van der Waals surface area contributed by atoms with E-state index in [1.165, 1.54) is 15.9 Å². The van der Waals surface area contributed by atoms with Gasteiger partial charge in [0.1, 0.15) is 0 Å². The zero-order valence-electron chi connectivity index (χ0n) is 13.6. The van der Waals surface area contributed by atoms with Gasteiger partial charge in [-0.1, -0.05) is 24.3 Å². The lowest BCUT2D eigenvalue weighted by molar-refractivity contribution is 0.265. The first kappa shape index (κ1) is 8.30. The highest BCUT2D eigenvalue weighted by molar-refractivity contribution is 6.70. The first-order valence-electron chi connectivity index (χ1n) is 7.63. The predicted molar refractivity (Wildman–Crippen MR) is 76.8 cm³/mol. The highest BCUT2D eigenvalue weighted by Gasteiger charge is 2.36. The summed E-state index contributed by atoms with van der Waals surface area (Å²) in [6.45, 7) is -0.196. The van der Waals surface area contributed by atoms with Gasteiger partial charge < -0.3 is 14.5 Å². The Labute approximate surface area is 113 Å². The molecule has 0 aliphatic carbocycles. The average Bonchev–Trinajstić information content (AvgIpc) is 2.80. The van der Waals surface area contributed by atoms with Crippen LogP contribution in [0.1, 0.15) is 16.6 Å². The minimum Gasteiger partial charge on any atom is -0.401 e. The van der Waals surface area contributed by atoms with Crippen LogP contribution >= 0.6 is 0 Å². The molecule has 18 heavy (non-hydrogen) atoms. The normalized spacial score (nSPS) is 25.0. The van der Waals surface area contributed by atoms with Crippen LogP contribution in [0.2, 0.25) is 0 Å². The van der Waals surface area contributed by atoms with E-state index >= 15 is 0 Å². The summed E-state index contributed by atoms with van der Waals surface area (Å²) in [5.41, 5.74) is 2.36. The lowest BCUT2D eigenvalue weighted by Gasteiger charge is -2.38. The standard InChI is InChI=1S/C14H18BN3/c1-12-16(2)10-11-18(12)15-14-7-5-4-6-13(14)8-9-17(15)3/h4-12H,1-3H3/t12-/m0/s1/i2D3. The van der Waals surface area contributed by atoms with Gasteiger partial charge in [0.15, 0.2) is 0 Å². The van der Waals surface area contributed by atoms with Crippen molar-refractivity contribution in [2.45, 2.75) is 13.1 Å². The van der Waals surface area contributed by atoms with Gasteiger partial charge in [0, 0.05) is 23.5 Å². The molecule has 1 aromatic rings. The first-order chi connectivity index (χ1) is 9.89. The highest BCUT2D eigenvalue weighted by atomic mass is 15.4. The van der Waals surface area contributed by atoms with Gasteiger partial charge in [-0.3, -0.25) is 0 Å². The van der Waals surface area contributed by atoms with Gasteiger partial charge in [-0.05, 0) is 37.3 Å². The molecule has 0 spiro atoms. The van der Waals surface area contributed by atoms with Gasteiger partial charge in [0.2, 0.25) is 0 Å². The van der Waals surface area contributed by atoms with E-state index in [2.05, 4.69) is 27.8 Å². The van der Waals surface area contributed by atoms with E-state index in [1.807, 2.05) is 38.5 Å². The van der Waals surface area contributed by atoms with Crippen molar-refractivity contribution in [2.75, 3.05) is 14.0 Å². The number of rotatable bonds is 1. The summed E-state index contributed by atoms with van der Waals surface area (Å²) in [7, 11) is 2.01. The number of benzene rings is 1. The zero-order chi connectivity index (χ0) is 15.2. The minimum absolute atomic E-state index is 0.00444. The maximum absolute atomic E-state index is 7.61. The molecule has 0 unspecified atom stereocenters. The number of nitrogens with zero attached hydrogens (tertiary/aromatic N) is 3. The van der Waals surface area contributed by atoms with Crippen LogP contribution in [-0.2, 0) is 0 Å². The Morgan fingerprint density at radius 1 is 1.22 bits per heavy atom. The molecule has 92 valence electrons. The second-order valence-electron chi connectivity index (χ2n) is 4.77. The summed E-state index contributed by atoms with van der Waals surface area (Å²) in [6.07, 6.45) is 7.42. The number of hydrogen-bond acceptors (Lipinski definition) is 3. The van der Waals surface area contributed by atoms with Crippen LogP contribution in [0.15, 0.2) is 42.9 Å². The molecule has 0 N–H and O–H groups in total. The molecular formula is C14H18BN3. The SMILES string of the molecule is [2H]C([2H])([2H])N1C=CN(B2c3ccccc3C=CN2C)[C@H]1C. The molecule has 2 aliphatic rings. The second-order valence-corrected chi connectivity index (χ2v) is 4.77. The molecule has 2 heterocycles. The van der Waals surface area contributed by atoms with Crippen molar-refractivity contribution in [3.8, 4) is 0 Å². The number of hydrogen-bond donors (Lipinski definition) is 0. The van der Waals surface area contributed by atoms with Crippen LogP contribution in [0.4, 0.5) is 0 Å². The molecule has 3 rings (SSSR count).